The number of anilines is 3. The van der Waals surface area contributed by atoms with Crippen molar-refractivity contribution >= 4 is 23.0 Å². The van der Waals surface area contributed by atoms with Gasteiger partial charge in [0.05, 0.1) is 11.0 Å². The second kappa shape index (κ2) is 7.73. The van der Waals surface area contributed by atoms with Crippen LogP contribution in [0.15, 0.2) is 54.9 Å². The van der Waals surface area contributed by atoms with Crippen LogP contribution >= 0.6 is 0 Å². The van der Waals surface area contributed by atoms with Crippen molar-refractivity contribution in [2.45, 2.75) is 13.0 Å². The third-order valence-electron chi connectivity index (χ3n) is 3.84. The van der Waals surface area contributed by atoms with Crippen LogP contribution in [0.4, 0.5) is 31.8 Å². The molecule has 0 saturated heterocycles. The van der Waals surface area contributed by atoms with E-state index in [1.807, 2.05) is 37.3 Å². The number of hydrogen-bond acceptors (Lipinski definition) is 6. The van der Waals surface area contributed by atoms with Gasteiger partial charge < -0.3 is 10.6 Å². The lowest BCUT2D eigenvalue weighted by atomic mass is 10.1. The first-order valence-corrected chi connectivity index (χ1v) is 7.98. The van der Waals surface area contributed by atoms with Crippen molar-refractivity contribution < 1.29 is 13.7 Å². The normalized spacial score (nSPS) is 11.7. The van der Waals surface area contributed by atoms with Gasteiger partial charge in [0.2, 0.25) is 11.6 Å². The molecule has 0 aliphatic heterocycles. The number of nitrogens with one attached hydrogen (secondary N) is 2. The van der Waals surface area contributed by atoms with E-state index in [2.05, 4.69) is 20.6 Å². The Kier molecular flexibility index (Phi) is 5.20. The van der Waals surface area contributed by atoms with E-state index < -0.39 is 22.2 Å². The van der Waals surface area contributed by atoms with Crippen LogP contribution in [0.3, 0.4) is 0 Å². The molecule has 2 N–H and O–H groups in total. The van der Waals surface area contributed by atoms with E-state index in [4.69, 9.17) is 0 Å². The summed E-state index contributed by atoms with van der Waals surface area (Å²) in [6, 6.07) is 12.2. The highest BCUT2D eigenvalue weighted by atomic mass is 19.2. The topological polar surface area (TPSA) is 93.0 Å². The van der Waals surface area contributed by atoms with Crippen LogP contribution in [0.2, 0.25) is 0 Å². The van der Waals surface area contributed by atoms with Crippen LogP contribution in [-0.4, -0.2) is 14.9 Å². The highest BCUT2D eigenvalue weighted by Crippen LogP contribution is 2.33. The summed E-state index contributed by atoms with van der Waals surface area (Å²) in [4.78, 5) is 18.8. The van der Waals surface area contributed by atoms with E-state index in [1.165, 1.54) is 6.07 Å². The van der Waals surface area contributed by atoms with Crippen molar-refractivity contribution in [3.8, 4) is 0 Å². The molecule has 1 heterocycles. The summed E-state index contributed by atoms with van der Waals surface area (Å²) in [5, 5.41) is 17.2. The van der Waals surface area contributed by atoms with Gasteiger partial charge in [-0.1, -0.05) is 30.3 Å². The predicted octanol–water partition coefficient (Wildman–Crippen LogP) is 4.58. The largest absolute Gasteiger partial charge is 0.358 e. The quantitative estimate of drug-likeness (QED) is 0.487. The lowest BCUT2D eigenvalue weighted by molar-refractivity contribution is -0.383. The van der Waals surface area contributed by atoms with Crippen LogP contribution in [0.5, 0.6) is 0 Å². The van der Waals surface area contributed by atoms with Crippen molar-refractivity contribution in [3.05, 3.63) is 82.2 Å². The van der Waals surface area contributed by atoms with E-state index >= 15 is 0 Å². The Morgan fingerprint density at radius 3 is 2.41 bits per heavy atom. The molecule has 0 radical (unpaired) electrons. The molecule has 1 aromatic heterocycles. The summed E-state index contributed by atoms with van der Waals surface area (Å²) in [5.74, 6) is -2.22. The lowest BCUT2D eigenvalue weighted by Crippen LogP contribution is -2.11. The summed E-state index contributed by atoms with van der Waals surface area (Å²) in [7, 11) is 0. The molecule has 0 amide bonds. The summed E-state index contributed by atoms with van der Waals surface area (Å²) >= 11 is 0. The number of benzene rings is 2. The summed E-state index contributed by atoms with van der Waals surface area (Å²) < 4.78 is 26.5. The molecule has 0 aliphatic rings. The maximum Gasteiger partial charge on any atom is 0.353 e. The molecular formula is C18H15F2N5O2. The second-order valence-corrected chi connectivity index (χ2v) is 5.71. The molecule has 9 heteroatoms. The SMILES string of the molecule is CC(Nc1ncnc(Nc2ccc(F)c(F)c2)c1[N+](=O)[O-])c1ccccc1. The third kappa shape index (κ3) is 4.14. The van der Waals surface area contributed by atoms with Crippen molar-refractivity contribution in [1.29, 1.82) is 0 Å². The van der Waals surface area contributed by atoms with Crippen molar-refractivity contribution in [2.24, 2.45) is 0 Å². The number of nitrogens with zero attached hydrogens (tertiary/aromatic N) is 3. The lowest BCUT2D eigenvalue weighted by Gasteiger charge is -2.16. The molecule has 1 unspecified atom stereocenters. The van der Waals surface area contributed by atoms with Gasteiger partial charge in [-0.05, 0) is 24.6 Å². The maximum absolute atomic E-state index is 13.4. The number of nitro groups is 1. The number of hydrogen-bond donors (Lipinski definition) is 2. The third-order valence-corrected chi connectivity index (χ3v) is 3.84. The van der Waals surface area contributed by atoms with E-state index in [1.54, 1.807) is 0 Å². The van der Waals surface area contributed by atoms with Gasteiger partial charge in [-0.2, -0.15) is 0 Å². The monoisotopic (exact) mass is 371 g/mol. The summed E-state index contributed by atoms with van der Waals surface area (Å²) in [6.45, 7) is 1.84. The first-order chi connectivity index (χ1) is 13.0. The number of rotatable bonds is 6. The van der Waals surface area contributed by atoms with Gasteiger partial charge >= 0.3 is 5.69 Å². The zero-order valence-electron chi connectivity index (χ0n) is 14.2. The molecule has 1 atom stereocenters. The molecule has 0 aliphatic carbocycles. The fourth-order valence-electron chi connectivity index (χ4n) is 2.49. The van der Waals surface area contributed by atoms with Crippen molar-refractivity contribution in [2.75, 3.05) is 10.6 Å². The zero-order chi connectivity index (χ0) is 19.4. The molecule has 0 bridgehead atoms. The molecule has 2 aromatic carbocycles. The highest BCUT2D eigenvalue weighted by Gasteiger charge is 2.24. The van der Waals surface area contributed by atoms with Gasteiger partial charge in [-0.3, -0.25) is 10.1 Å². The molecule has 27 heavy (non-hydrogen) atoms. The average Bonchev–Trinajstić information content (AvgIpc) is 2.65. The Balaban J connectivity index is 1.92. The van der Waals surface area contributed by atoms with Crippen molar-refractivity contribution in [3.63, 3.8) is 0 Å². The zero-order valence-corrected chi connectivity index (χ0v) is 14.2. The highest BCUT2D eigenvalue weighted by molar-refractivity contribution is 5.74. The van der Waals surface area contributed by atoms with Crippen molar-refractivity contribution in [1.82, 2.24) is 9.97 Å². The Morgan fingerprint density at radius 1 is 1.04 bits per heavy atom. The minimum Gasteiger partial charge on any atom is -0.358 e. The summed E-state index contributed by atoms with van der Waals surface area (Å²) in [6.07, 6.45) is 1.15. The maximum atomic E-state index is 13.4. The smallest absolute Gasteiger partial charge is 0.353 e. The van der Waals surface area contributed by atoms with Gasteiger partial charge in [0.1, 0.15) is 6.33 Å². The molecule has 0 spiro atoms. The van der Waals surface area contributed by atoms with E-state index in [9.17, 15) is 18.9 Å². The van der Waals surface area contributed by atoms with E-state index in [0.717, 1.165) is 24.0 Å². The molecule has 3 rings (SSSR count). The van der Waals surface area contributed by atoms with Gasteiger partial charge in [-0.15, -0.1) is 0 Å². The molecule has 0 saturated carbocycles. The fourth-order valence-corrected chi connectivity index (χ4v) is 2.49. The molecule has 138 valence electrons. The first kappa shape index (κ1) is 18.2. The van der Waals surface area contributed by atoms with Crippen LogP contribution in [0.1, 0.15) is 18.5 Å². The minimum atomic E-state index is -1.08. The van der Waals surface area contributed by atoms with Gasteiger partial charge in [0.25, 0.3) is 0 Å². The van der Waals surface area contributed by atoms with Crippen LogP contribution in [0.25, 0.3) is 0 Å². The van der Waals surface area contributed by atoms with E-state index in [-0.39, 0.29) is 23.4 Å². The fraction of sp³-hybridized carbons (Fsp3) is 0.111. The molecule has 7 nitrogen and oxygen atoms in total. The van der Waals surface area contributed by atoms with Crippen LogP contribution < -0.4 is 10.6 Å². The van der Waals surface area contributed by atoms with Gasteiger partial charge in [0, 0.05) is 11.8 Å². The summed E-state index contributed by atoms with van der Waals surface area (Å²) in [5.41, 5.74) is 0.642. The molecule has 0 fully saturated rings. The van der Waals surface area contributed by atoms with E-state index in [0.29, 0.717) is 0 Å². The van der Waals surface area contributed by atoms with Crippen LogP contribution in [-0.2, 0) is 0 Å². The van der Waals surface area contributed by atoms with Crippen LogP contribution in [0, 0.1) is 21.7 Å². The van der Waals surface area contributed by atoms with Gasteiger partial charge in [0.15, 0.2) is 11.6 Å². The first-order valence-electron chi connectivity index (χ1n) is 7.98. The standard InChI is InChI=1S/C18H15F2N5O2/c1-11(12-5-3-2-4-6-12)23-17-16(25(26)27)18(22-10-21-17)24-13-7-8-14(19)15(20)9-13/h2-11H,1H3,(H2,21,22,23,24). The Hall–Kier alpha value is -3.62. The van der Waals surface area contributed by atoms with Gasteiger partial charge in [-0.25, -0.2) is 18.7 Å². The molecule has 3 aromatic rings. The number of halogens is 2. The second-order valence-electron chi connectivity index (χ2n) is 5.71. The Bertz CT molecular complexity index is 969. The Morgan fingerprint density at radius 2 is 1.74 bits per heavy atom. The Labute approximate surface area is 153 Å². The predicted molar refractivity (Wildman–Crippen MR) is 96.8 cm³/mol. The minimum absolute atomic E-state index is 0.0106. The average molecular weight is 371 g/mol. The molecular weight excluding hydrogens is 356 g/mol. The number of aromatic nitrogens is 2.